The normalized spacial score (nSPS) is 17.9. The molecule has 2 aliphatic heterocycles. The molecule has 1 aromatic carbocycles. The highest BCUT2D eigenvalue weighted by molar-refractivity contribution is 8.00. The van der Waals surface area contributed by atoms with Gasteiger partial charge in [-0.25, -0.2) is 19.4 Å². The van der Waals surface area contributed by atoms with Crippen LogP contribution in [0.15, 0.2) is 52.8 Å². The number of amides is 2. The summed E-state index contributed by atoms with van der Waals surface area (Å²) < 4.78 is 1.88. The molecule has 2 aliphatic rings. The Morgan fingerprint density at radius 1 is 1.27 bits per heavy atom. The van der Waals surface area contributed by atoms with E-state index in [1.807, 2.05) is 4.57 Å². The Balaban J connectivity index is 1.23. The van der Waals surface area contributed by atoms with Crippen LogP contribution in [0, 0.1) is 0 Å². The van der Waals surface area contributed by atoms with E-state index in [-0.39, 0.29) is 33.1 Å². The number of thioether (sulfide) groups is 1. The third-order valence-corrected chi connectivity index (χ3v) is 9.83. The Morgan fingerprint density at radius 2 is 2.02 bits per heavy atom. The van der Waals surface area contributed by atoms with Gasteiger partial charge in [0.2, 0.25) is 5.60 Å². The smallest absolute Gasteiger partial charge is 0.350 e. The summed E-state index contributed by atoms with van der Waals surface area (Å²) in [5, 5.41) is 50.9. The van der Waals surface area contributed by atoms with Gasteiger partial charge in [0.05, 0.1) is 10.7 Å². The fourth-order valence-corrected chi connectivity index (χ4v) is 6.99. The van der Waals surface area contributed by atoms with Crippen LogP contribution in [0.3, 0.4) is 0 Å². The van der Waals surface area contributed by atoms with Crippen molar-refractivity contribution in [1.29, 1.82) is 0 Å². The van der Waals surface area contributed by atoms with Crippen LogP contribution in [0.1, 0.15) is 25.4 Å². The number of H-pyrrole nitrogens is 1. The number of nitrogens with two attached hydrogens (primary N) is 1. The molecule has 2 amide bonds. The Morgan fingerprint density at radius 3 is 2.67 bits per heavy atom. The number of hydrogen-bond donors (Lipinski definition) is 6. The molecule has 17 nitrogen and oxygen atoms in total. The van der Waals surface area contributed by atoms with Gasteiger partial charge in [0.1, 0.15) is 17.1 Å². The van der Waals surface area contributed by atoms with Crippen molar-refractivity contribution >= 4 is 69.0 Å². The number of rotatable bonds is 10. The Labute approximate surface area is 284 Å². The fourth-order valence-electron chi connectivity index (χ4n) is 4.84. The number of carbonyl (C=O) groups is 3. The molecule has 0 spiro atoms. The van der Waals surface area contributed by atoms with Crippen molar-refractivity contribution in [3.05, 3.63) is 64.2 Å². The predicted octanol–water partition coefficient (Wildman–Crippen LogP) is 1.35. The molecule has 0 bridgehead atoms. The lowest BCUT2D eigenvalue weighted by molar-refractivity contribution is -0.688. The highest BCUT2D eigenvalue weighted by Crippen LogP contribution is 2.43. The number of halogens is 1. The second-order valence-electron chi connectivity index (χ2n) is 11.0. The number of nitrogens with zero attached hydrogens (tertiary/aromatic N) is 7. The van der Waals surface area contributed by atoms with Crippen LogP contribution >= 0.6 is 34.7 Å². The van der Waals surface area contributed by atoms with Crippen LogP contribution < -0.4 is 15.6 Å². The van der Waals surface area contributed by atoms with Crippen LogP contribution in [0.4, 0.5) is 5.13 Å². The third-order valence-electron chi connectivity index (χ3n) is 7.43. The number of tetrazole rings is 1. The topological polar surface area (TPSA) is 246 Å². The lowest BCUT2D eigenvalue weighted by Crippen LogP contribution is -2.70. The number of nitrogen functional groups attached to an aromatic ring is 1. The summed E-state index contributed by atoms with van der Waals surface area (Å²) in [6.45, 7) is 2.89. The first-order chi connectivity index (χ1) is 22.9. The van der Waals surface area contributed by atoms with Crippen molar-refractivity contribution in [3.63, 3.8) is 0 Å². The average molecular weight is 714 g/mol. The molecule has 4 aromatic rings. The van der Waals surface area contributed by atoms with E-state index in [1.165, 1.54) is 42.0 Å². The van der Waals surface area contributed by atoms with Crippen molar-refractivity contribution in [2.45, 2.75) is 37.4 Å². The Hall–Kier alpha value is -5.27. The number of oxime groups is 1. The van der Waals surface area contributed by atoms with Crippen molar-refractivity contribution in [1.82, 2.24) is 35.8 Å². The second-order valence-corrected chi connectivity index (χ2v) is 13.4. The first kappa shape index (κ1) is 32.7. The van der Waals surface area contributed by atoms with Crippen molar-refractivity contribution in [2.75, 3.05) is 11.5 Å². The summed E-state index contributed by atoms with van der Waals surface area (Å²) >= 11 is 8.70. The number of thiazole rings is 1. The minimum absolute atomic E-state index is 0.0222. The maximum absolute atomic E-state index is 13.6. The molecule has 6 rings (SSSR count). The molecular weight excluding hydrogens is 688 g/mol. The number of aromatic hydroxyl groups is 2. The Bertz CT molecular complexity index is 1980. The van der Waals surface area contributed by atoms with Gasteiger partial charge in [-0.2, -0.15) is 0 Å². The van der Waals surface area contributed by atoms with Gasteiger partial charge in [0.15, 0.2) is 47.1 Å². The molecule has 3 aromatic heterocycles. The molecular formula is C28H26ClN10O7S2+. The number of aromatic amines is 1. The summed E-state index contributed by atoms with van der Waals surface area (Å²) in [5.41, 5.74) is 6.23. The van der Waals surface area contributed by atoms with Crippen LogP contribution in [0.2, 0.25) is 5.02 Å². The van der Waals surface area contributed by atoms with E-state index in [2.05, 4.69) is 36.1 Å². The molecule has 248 valence electrons. The van der Waals surface area contributed by atoms with E-state index in [0.717, 1.165) is 16.9 Å². The zero-order valence-corrected chi connectivity index (χ0v) is 27.4. The molecule has 48 heavy (non-hydrogen) atoms. The van der Waals surface area contributed by atoms with Gasteiger partial charge in [-0.15, -0.1) is 28.2 Å². The highest BCUT2D eigenvalue weighted by atomic mass is 35.5. The van der Waals surface area contributed by atoms with Gasteiger partial charge in [-0.05, 0) is 42.0 Å². The first-order valence-corrected chi connectivity index (χ1v) is 16.3. The van der Waals surface area contributed by atoms with Crippen molar-refractivity contribution < 1.29 is 39.1 Å². The van der Waals surface area contributed by atoms with E-state index in [4.69, 9.17) is 22.2 Å². The number of nitrogens with one attached hydrogen (secondary N) is 2. The number of carbonyl (C=O) groups excluding carboxylic acids is 2. The number of anilines is 1. The molecule has 0 unspecified atom stereocenters. The Kier molecular flexibility index (Phi) is 8.67. The zero-order valence-electron chi connectivity index (χ0n) is 25.0. The van der Waals surface area contributed by atoms with Gasteiger partial charge in [0, 0.05) is 34.4 Å². The van der Waals surface area contributed by atoms with Crippen molar-refractivity contribution in [3.8, 4) is 22.6 Å². The number of aliphatic carboxylic acids is 1. The molecule has 2 atom stereocenters. The number of benzene rings is 1. The SMILES string of the molecule is CC(C)(O/N=C(\C(=O)N[C@@H]1C(=O)N2C(c3nnn[nH]3)=C(C[n+]3ccc(-c4ccc(O)c(O)c4Cl)cc3)CS[C@H]12)c1csc(N)n1)C(=O)O. The van der Waals surface area contributed by atoms with Gasteiger partial charge in [0.25, 0.3) is 11.8 Å². The highest BCUT2D eigenvalue weighted by Gasteiger charge is 2.54. The number of β-lactam (4-membered cyclic amide) rings is 1. The fraction of sp³-hybridized carbons (Fsp3) is 0.250. The number of phenols is 2. The van der Waals surface area contributed by atoms with Crippen LogP contribution in [-0.4, -0.2) is 92.1 Å². The molecule has 0 saturated carbocycles. The number of fused-ring (bicyclic) bond motifs is 1. The minimum Gasteiger partial charge on any atom is -0.504 e. The zero-order chi connectivity index (χ0) is 34.3. The maximum Gasteiger partial charge on any atom is 0.350 e. The van der Waals surface area contributed by atoms with Crippen LogP contribution in [0.5, 0.6) is 11.5 Å². The molecule has 7 N–H and O–H groups in total. The summed E-state index contributed by atoms with van der Waals surface area (Å²) in [7, 11) is 0. The summed E-state index contributed by atoms with van der Waals surface area (Å²) in [5.74, 6) is -2.56. The average Bonchev–Trinajstić information content (AvgIpc) is 3.75. The minimum atomic E-state index is -1.75. The predicted molar refractivity (Wildman–Crippen MR) is 172 cm³/mol. The molecule has 0 aliphatic carbocycles. The molecule has 5 heterocycles. The summed E-state index contributed by atoms with van der Waals surface area (Å²) in [6, 6.07) is 5.57. The van der Waals surface area contributed by atoms with Gasteiger partial charge in [-0.1, -0.05) is 16.8 Å². The van der Waals surface area contributed by atoms with E-state index in [0.29, 0.717) is 29.1 Å². The van der Waals surface area contributed by atoms with E-state index in [1.54, 1.807) is 30.6 Å². The van der Waals surface area contributed by atoms with E-state index < -0.39 is 40.5 Å². The number of aromatic nitrogens is 6. The maximum atomic E-state index is 13.6. The number of phenolic OH excluding ortho intramolecular Hbond substituents is 2. The van der Waals surface area contributed by atoms with Gasteiger partial charge >= 0.3 is 5.97 Å². The summed E-state index contributed by atoms with van der Waals surface area (Å²) in [4.78, 5) is 49.4. The van der Waals surface area contributed by atoms with Crippen LogP contribution in [0.25, 0.3) is 16.8 Å². The van der Waals surface area contributed by atoms with E-state index >= 15 is 0 Å². The molecule has 1 fully saturated rings. The third kappa shape index (κ3) is 6.09. The molecule has 0 radical (unpaired) electrons. The number of pyridine rings is 1. The van der Waals surface area contributed by atoms with Gasteiger partial charge in [-0.3, -0.25) is 14.5 Å². The second kappa shape index (κ2) is 12.7. The monoisotopic (exact) mass is 713 g/mol. The first-order valence-electron chi connectivity index (χ1n) is 14.0. The number of hydrogen-bond acceptors (Lipinski definition) is 14. The largest absolute Gasteiger partial charge is 0.504 e. The van der Waals surface area contributed by atoms with Gasteiger partial charge < -0.3 is 31.2 Å². The molecule has 20 heteroatoms. The van der Waals surface area contributed by atoms with Crippen LogP contribution in [-0.2, 0) is 25.8 Å². The number of carboxylic acids is 1. The number of carboxylic acid groups (broad SMARTS) is 1. The standard InChI is InChI=1S/C28H25ClN10O7S2/c1-28(2,26(44)45)46-35-18(15-11-48-27(30)31-15)23(42)32-19-24(43)39-20(22-33-36-37-34-22)13(10-47-25(19)39)9-38-7-5-12(6-8-38)14-3-4-16(40)21(41)17(14)29/h3-8,11,19,25H,9-10H2,1-2H3,(H6,30,31,32,33,34,36,37,41,42,44,45)/p+1/b35-18-/t19-,25-/m1/s1. The lowest BCUT2D eigenvalue weighted by Gasteiger charge is -2.49. The van der Waals surface area contributed by atoms with E-state index in [9.17, 15) is 29.7 Å². The van der Waals surface area contributed by atoms with Crippen molar-refractivity contribution in [2.24, 2.45) is 5.16 Å². The lowest BCUT2D eigenvalue weighted by atomic mass is 10.0. The quantitative estimate of drug-likeness (QED) is 0.0447. The summed E-state index contributed by atoms with van der Waals surface area (Å²) in [6.07, 6.45) is 3.60. The molecule has 1 saturated heterocycles.